The van der Waals surface area contributed by atoms with Crippen molar-refractivity contribution in [3.8, 4) is 0 Å². The van der Waals surface area contributed by atoms with Crippen molar-refractivity contribution in [2.75, 3.05) is 51.8 Å². The fourth-order valence-corrected chi connectivity index (χ4v) is 3.20. The zero-order valence-electron chi connectivity index (χ0n) is 15.0. The van der Waals surface area contributed by atoms with Gasteiger partial charge in [-0.05, 0) is 44.3 Å². The van der Waals surface area contributed by atoms with Crippen LogP contribution in [-0.4, -0.2) is 61.8 Å². The first-order valence-corrected chi connectivity index (χ1v) is 9.10. The zero-order valence-corrected chi connectivity index (χ0v) is 15.0. The van der Waals surface area contributed by atoms with E-state index in [1.165, 1.54) is 5.52 Å². The summed E-state index contributed by atoms with van der Waals surface area (Å²) < 4.78 is 7.68. The second-order valence-corrected chi connectivity index (χ2v) is 6.49. The number of hydrogen-bond donors (Lipinski definition) is 2. The largest absolute Gasteiger partial charge is 0.379 e. The fourth-order valence-electron chi connectivity index (χ4n) is 3.20. The third-order valence-corrected chi connectivity index (χ3v) is 4.65. The molecule has 0 spiro atoms. The number of rotatable bonds is 8. The van der Waals surface area contributed by atoms with Crippen molar-refractivity contribution in [1.29, 1.82) is 0 Å². The van der Waals surface area contributed by atoms with E-state index in [0.717, 1.165) is 63.4 Å². The van der Waals surface area contributed by atoms with E-state index in [4.69, 9.17) is 4.74 Å². The van der Waals surface area contributed by atoms with Gasteiger partial charge in [-0.25, -0.2) is 0 Å². The van der Waals surface area contributed by atoms with E-state index in [-0.39, 0.29) is 5.91 Å². The molecule has 25 heavy (non-hydrogen) atoms. The van der Waals surface area contributed by atoms with Gasteiger partial charge in [-0.15, -0.1) is 0 Å². The topological polar surface area (TPSA) is 58.5 Å². The highest BCUT2D eigenvalue weighted by Gasteiger charge is 2.11. The number of fused-ring (bicyclic) bond motifs is 1. The average Bonchev–Trinajstić information content (AvgIpc) is 3.03. The van der Waals surface area contributed by atoms with Crippen molar-refractivity contribution >= 4 is 22.5 Å². The Labute approximate surface area is 149 Å². The number of nitrogens with one attached hydrogen (secondary N) is 2. The Morgan fingerprint density at radius 1 is 1.20 bits per heavy atom. The predicted octanol–water partition coefficient (Wildman–Crippen LogP) is 1.91. The molecule has 0 saturated carbocycles. The lowest BCUT2D eigenvalue weighted by molar-refractivity contribution is -0.116. The van der Waals surface area contributed by atoms with Crippen LogP contribution in [-0.2, 0) is 16.1 Å². The molecule has 136 valence electrons. The van der Waals surface area contributed by atoms with Gasteiger partial charge >= 0.3 is 0 Å². The van der Waals surface area contributed by atoms with Gasteiger partial charge in [-0.3, -0.25) is 9.69 Å². The van der Waals surface area contributed by atoms with Crippen LogP contribution in [0.15, 0.2) is 30.5 Å². The van der Waals surface area contributed by atoms with Gasteiger partial charge in [0, 0.05) is 55.4 Å². The number of amides is 1. The standard InChI is InChI=1S/C19H28N4O2/c1-20-7-2-3-19(24)21-17-4-5-18-16(15-17)6-8-23(18)10-9-22-11-13-25-14-12-22/h4-6,8,15,20H,2-3,7,9-14H2,1H3,(H,21,24). The van der Waals surface area contributed by atoms with Crippen molar-refractivity contribution in [2.24, 2.45) is 0 Å². The highest BCUT2D eigenvalue weighted by molar-refractivity contribution is 5.93. The van der Waals surface area contributed by atoms with Crippen LogP contribution in [0.2, 0.25) is 0 Å². The first-order chi connectivity index (χ1) is 12.3. The van der Waals surface area contributed by atoms with Gasteiger partial charge in [0.15, 0.2) is 0 Å². The van der Waals surface area contributed by atoms with E-state index in [1.807, 2.05) is 13.1 Å². The summed E-state index contributed by atoms with van der Waals surface area (Å²) in [6.07, 6.45) is 3.52. The van der Waals surface area contributed by atoms with Crippen molar-refractivity contribution in [1.82, 2.24) is 14.8 Å². The van der Waals surface area contributed by atoms with E-state index in [2.05, 4.69) is 44.5 Å². The fraction of sp³-hybridized carbons (Fsp3) is 0.526. The lowest BCUT2D eigenvalue weighted by Gasteiger charge is -2.26. The van der Waals surface area contributed by atoms with E-state index >= 15 is 0 Å². The number of morpholine rings is 1. The number of ether oxygens (including phenoxy) is 1. The van der Waals surface area contributed by atoms with Crippen LogP contribution in [0.5, 0.6) is 0 Å². The number of benzene rings is 1. The highest BCUT2D eigenvalue weighted by Crippen LogP contribution is 2.21. The van der Waals surface area contributed by atoms with E-state index in [1.54, 1.807) is 0 Å². The quantitative estimate of drug-likeness (QED) is 0.718. The first-order valence-electron chi connectivity index (χ1n) is 9.10. The number of anilines is 1. The molecule has 0 radical (unpaired) electrons. The van der Waals surface area contributed by atoms with Gasteiger partial charge in [-0.2, -0.15) is 0 Å². The van der Waals surface area contributed by atoms with Gasteiger partial charge in [0.1, 0.15) is 0 Å². The van der Waals surface area contributed by atoms with Crippen LogP contribution in [0.25, 0.3) is 10.9 Å². The van der Waals surface area contributed by atoms with Gasteiger partial charge in [0.25, 0.3) is 0 Å². The maximum absolute atomic E-state index is 11.9. The molecule has 6 heteroatoms. The monoisotopic (exact) mass is 344 g/mol. The van der Waals surface area contributed by atoms with Gasteiger partial charge < -0.3 is 19.9 Å². The lowest BCUT2D eigenvalue weighted by Crippen LogP contribution is -2.38. The molecule has 1 fully saturated rings. The summed E-state index contributed by atoms with van der Waals surface area (Å²) >= 11 is 0. The van der Waals surface area contributed by atoms with E-state index in [9.17, 15) is 4.79 Å². The number of hydrogen-bond acceptors (Lipinski definition) is 4. The lowest BCUT2D eigenvalue weighted by atomic mass is 10.2. The molecule has 0 atom stereocenters. The molecule has 0 aliphatic carbocycles. The highest BCUT2D eigenvalue weighted by atomic mass is 16.5. The number of aromatic nitrogens is 1. The summed E-state index contributed by atoms with van der Waals surface area (Å²) in [5.41, 5.74) is 2.08. The van der Waals surface area contributed by atoms with Crippen molar-refractivity contribution in [3.05, 3.63) is 30.5 Å². The third-order valence-electron chi connectivity index (χ3n) is 4.65. The molecular weight excluding hydrogens is 316 g/mol. The molecule has 3 rings (SSSR count). The summed E-state index contributed by atoms with van der Waals surface area (Å²) in [5, 5.41) is 7.21. The van der Waals surface area contributed by atoms with Crippen molar-refractivity contribution < 1.29 is 9.53 Å². The minimum absolute atomic E-state index is 0.0707. The van der Waals surface area contributed by atoms with Crippen LogP contribution >= 0.6 is 0 Å². The molecule has 6 nitrogen and oxygen atoms in total. The van der Waals surface area contributed by atoms with Crippen LogP contribution in [0.4, 0.5) is 5.69 Å². The maximum atomic E-state index is 11.9. The summed E-state index contributed by atoms with van der Waals surface area (Å²) in [6.45, 7) is 6.58. The Balaban J connectivity index is 1.57. The number of carbonyl (C=O) groups excluding carboxylic acids is 1. The molecule has 1 aromatic carbocycles. The predicted molar refractivity (Wildman–Crippen MR) is 101 cm³/mol. The minimum Gasteiger partial charge on any atom is -0.379 e. The number of carbonyl (C=O) groups is 1. The molecule has 1 aliphatic rings. The van der Waals surface area contributed by atoms with Crippen LogP contribution in [0, 0.1) is 0 Å². The minimum atomic E-state index is 0.0707. The van der Waals surface area contributed by atoms with Crippen molar-refractivity contribution in [2.45, 2.75) is 19.4 Å². The molecule has 2 aromatic rings. The normalized spacial score (nSPS) is 15.6. The summed E-state index contributed by atoms with van der Waals surface area (Å²) in [7, 11) is 1.90. The van der Waals surface area contributed by atoms with Crippen LogP contribution < -0.4 is 10.6 Å². The smallest absolute Gasteiger partial charge is 0.224 e. The van der Waals surface area contributed by atoms with Gasteiger partial charge in [-0.1, -0.05) is 0 Å². The van der Waals surface area contributed by atoms with Crippen molar-refractivity contribution in [3.63, 3.8) is 0 Å². The zero-order chi connectivity index (χ0) is 17.5. The summed E-state index contributed by atoms with van der Waals surface area (Å²) in [6, 6.07) is 8.25. The Bertz CT molecular complexity index is 692. The first kappa shape index (κ1) is 17.9. The summed E-state index contributed by atoms with van der Waals surface area (Å²) in [5.74, 6) is 0.0707. The molecule has 2 heterocycles. The SMILES string of the molecule is CNCCCC(=O)Nc1ccc2c(ccn2CCN2CCOCC2)c1. The van der Waals surface area contributed by atoms with Gasteiger partial charge in [0.05, 0.1) is 13.2 Å². The third kappa shape index (κ3) is 5.04. The summed E-state index contributed by atoms with van der Waals surface area (Å²) in [4.78, 5) is 14.4. The van der Waals surface area contributed by atoms with E-state index in [0.29, 0.717) is 6.42 Å². The molecule has 0 bridgehead atoms. The second kappa shape index (κ2) is 8.99. The second-order valence-electron chi connectivity index (χ2n) is 6.49. The Hall–Kier alpha value is -1.89. The Morgan fingerprint density at radius 2 is 2.04 bits per heavy atom. The number of nitrogens with zero attached hydrogens (tertiary/aromatic N) is 2. The molecular formula is C19H28N4O2. The molecule has 1 amide bonds. The average molecular weight is 344 g/mol. The molecule has 1 aromatic heterocycles. The molecule has 1 aliphatic heterocycles. The molecule has 1 saturated heterocycles. The van der Waals surface area contributed by atoms with Crippen LogP contribution in [0.1, 0.15) is 12.8 Å². The molecule has 0 unspecified atom stereocenters. The molecule has 2 N–H and O–H groups in total. The maximum Gasteiger partial charge on any atom is 0.224 e. The Morgan fingerprint density at radius 3 is 2.84 bits per heavy atom. The van der Waals surface area contributed by atoms with E-state index < -0.39 is 0 Å². The van der Waals surface area contributed by atoms with Crippen LogP contribution in [0.3, 0.4) is 0 Å². The Kier molecular flexibility index (Phi) is 6.44. The van der Waals surface area contributed by atoms with Gasteiger partial charge in [0.2, 0.25) is 5.91 Å².